The van der Waals surface area contributed by atoms with Crippen molar-refractivity contribution in [3.05, 3.63) is 46.0 Å². The number of carbonyl (C=O) groups excluding carboxylic acids is 1. The molecule has 1 atom stereocenters. The molecule has 0 radical (unpaired) electrons. The molecule has 1 aromatic rings. The number of benzene rings is 1. The van der Waals surface area contributed by atoms with Gasteiger partial charge < -0.3 is 4.90 Å². The summed E-state index contributed by atoms with van der Waals surface area (Å²) in [4.78, 5) is 24.0. The largest absolute Gasteiger partial charge is 0.335 e. The number of non-ortho nitro benzene ring substituents is 1. The smallest absolute Gasteiger partial charge is 0.270 e. The molecule has 1 fully saturated rings. The van der Waals surface area contributed by atoms with Gasteiger partial charge in [-0.15, -0.1) is 0 Å². The minimum Gasteiger partial charge on any atom is -0.335 e. The van der Waals surface area contributed by atoms with E-state index in [4.69, 9.17) is 0 Å². The summed E-state index contributed by atoms with van der Waals surface area (Å²) in [6.45, 7) is 2.21. The lowest BCUT2D eigenvalue weighted by molar-refractivity contribution is -0.384. The van der Waals surface area contributed by atoms with Crippen LogP contribution in [0.2, 0.25) is 0 Å². The van der Waals surface area contributed by atoms with Crippen LogP contribution in [0.15, 0.2) is 30.3 Å². The average molecular weight is 338 g/mol. The Labute approximate surface area is 134 Å². The van der Waals surface area contributed by atoms with Crippen molar-refractivity contribution in [3.8, 4) is 0 Å². The molecule has 0 saturated carbocycles. The number of amides is 1. The number of sulfone groups is 1. The second-order valence-electron chi connectivity index (χ2n) is 5.37. The normalized spacial score (nSPS) is 19.8. The second-order valence-corrected chi connectivity index (χ2v) is 7.60. The highest BCUT2D eigenvalue weighted by molar-refractivity contribution is 7.91. The molecule has 124 valence electrons. The maximum absolute atomic E-state index is 12.3. The highest BCUT2D eigenvalue weighted by Crippen LogP contribution is 2.19. The van der Waals surface area contributed by atoms with Gasteiger partial charge in [0, 0.05) is 30.8 Å². The molecule has 1 saturated heterocycles. The van der Waals surface area contributed by atoms with Crippen LogP contribution in [0.4, 0.5) is 5.69 Å². The van der Waals surface area contributed by atoms with Crippen LogP contribution in [0.1, 0.15) is 18.9 Å². The van der Waals surface area contributed by atoms with Gasteiger partial charge in [0.15, 0.2) is 9.84 Å². The van der Waals surface area contributed by atoms with Gasteiger partial charge in [-0.3, -0.25) is 14.9 Å². The third kappa shape index (κ3) is 4.38. The summed E-state index contributed by atoms with van der Waals surface area (Å²) in [6.07, 6.45) is 3.28. The van der Waals surface area contributed by atoms with Crippen LogP contribution in [0, 0.1) is 10.1 Å². The van der Waals surface area contributed by atoms with E-state index in [1.165, 1.54) is 29.2 Å². The van der Waals surface area contributed by atoms with Crippen molar-refractivity contribution in [1.82, 2.24) is 4.90 Å². The van der Waals surface area contributed by atoms with Crippen LogP contribution in [0.5, 0.6) is 0 Å². The number of nitro groups is 1. The lowest BCUT2D eigenvalue weighted by Gasteiger charge is -2.25. The van der Waals surface area contributed by atoms with Crippen LogP contribution >= 0.6 is 0 Å². The van der Waals surface area contributed by atoms with Crippen LogP contribution in [-0.2, 0) is 14.6 Å². The second kappa shape index (κ2) is 6.91. The van der Waals surface area contributed by atoms with E-state index < -0.39 is 14.8 Å². The molecule has 0 bridgehead atoms. The fourth-order valence-electron chi connectivity index (χ4n) is 2.62. The van der Waals surface area contributed by atoms with Crippen LogP contribution < -0.4 is 0 Å². The number of hydrogen-bond donors (Lipinski definition) is 0. The van der Waals surface area contributed by atoms with Gasteiger partial charge >= 0.3 is 0 Å². The number of carbonyl (C=O) groups is 1. The molecule has 0 N–H and O–H groups in total. The molecule has 0 aliphatic carbocycles. The molecule has 1 amide bonds. The average Bonchev–Trinajstić information content (AvgIpc) is 2.86. The Hall–Kier alpha value is -2.22. The van der Waals surface area contributed by atoms with Gasteiger partial charge in [0.05, 0.1) is 16.4 Å². The van der Waals surface area contributed by atoms with Crippen molar-refractivity contribution in [2.75, 3.05) is 18.1 Å². The van der Waals surface area contributed by atoms with E-state index in [2.05, 4.69) is 0 Å². The van der Waals surface area contributed by atoms with Crippen molar-refractivity contribution in [3.63, 3.8) is 0 Å². The lowest BCUT2D eigenvalue weighted by Crippen LogP contribution is -2.40. The molecule has 1 unspecified atom stereocenters. The van der Waals surface area contributed by atoms with E-state index in [0.29, 0.717) is 18.5 Å². The SMILES string of the molecule is CCN(C(=O)/C=C/c1cccc([N+](=O)[O-])c1)C1CCS(=O)(=O)C1. The zero-order valence-electron chi connectivity index (χ0n) is 12.7. The predicted molar refractivity (Wildman–Crippen MR) is 86.6 cm³/mol. The number of nitro benzene ring substituents is 1. The predicted octanol–water partition coefficient (Wildman–Crippen LogP) is 1.64. The first-order valence-electron chi connectivity index (χ1n) is 7.26. The fraction of sp³-hybridized carbons (Fsp3) is 0.400. The van der Waals surface area contributed by atoms with E-state index in [1.54, 1.807) is 19.1 Å². The number of hydrogen-bond acceptors (Lipinski definition) is 5. The summed E-state index contributed by atoms with van der Waals surface area (Å²) in [5.41, 5.74) is 0.497. The summed E-state index contributed by atoms with van der Waals surface area (Å²) in [6, 6.07) is 5.66. The Morgan fingerprint density at radius 3 is 2.78 bits per heavy atom. The van der Waals surface area contributed by atoms with Gasteiger partial charge in [-0.1, -0.05) is 12.1 Å². The Morgan fingerprint density at radius 2 is 2.22 bits per heavy atom. The maximum atomic E-state index is 12.3. The molecule has 23 heavy (non-hydrogen) atoms. The highest BCUT2D eigenvalue weighted by Gasteiger charge is 2.33. The minimum atomic E-state index is -3.06. The standard InChI is InChI=1S/C15H18N2O5S/c1-2-16(14-8-9-23(21,22)11-14)15(18)7-6-12-4-3-5-13(10-12)17(19)20/h3-7,10,14H,2,8-9,11H2,1H3/b7-6+. The van der Waals surface area contributed by atoms with Crippen molar-refractivity contribution >= 4 is 27.5 Å². The molecular formula is C15H18N2O5S. The number of nitrogens with zero attached hydrogens (tertiary/aromatic N) is 2. The quantitative estimate of drug-likeness (QED) is 0.462. The monoisotopic (exact) mass is 338 g/mol. The zero-order valence-corrected chi connectivity index (χ0v) is 13.5. The molecule has 1 aliphatic rings. The summed E-state index contributed by atoms with van der Waals surface area (Å²) in [5.74, 6) is -0.186. The third-order valence-electron chi connectivity index (χ3n) is 3.77. The molecule has 7 nitrogen and oxygen atoms in total. The van der Waals surface area contributed by atoms with Gasteiger partial charge in [-0.2, -0.15) is 0 Å². The summed E-state index contributed by atoms with van der Waals surface area (Å²) < 4.78 is 23.1. The van der Waals surface area contributed by atoms with Crippen molar-refractivity contribution in [2.45, 2.75) is 19.4 Å². The highest BCUT2D eigenvalue weighted by atomic mass is 32.2. The minimum absolute atomic E-state index is 0.00275. The number of rotatable bonds is 5. The first kappa shape index (κ1) is 17.1. The Balaban J connectivity index is 2.10. The first-order chi connectivity index (χ1) is 10.8. The van der Waals surface area contributed by atoms with Gasteiger partial charge in [-0.05, 0) is 25.0 Å². The zero-order chi connectivity index (χ0) is 17.0. The summed E-state index contributed by atoms with van der Waals surface area (Å²) in [5, 5.41) is 10.7. The van der Waals surface area contributed by atoms with Gasteiger partial charge in [0.2, 0.25) is 5.91 Å². The fourth-order valence-corrected chi connectivity index (χ4v) is 4.35. The summed E-state index contributed by atoms with van der Waals surface area (Å²) >= 11 is 0. The third-order valence-corrected chi connectivity index (χ3v) is 5.52. The molecule has 0 aromatic heterocycles. The van der Waals surface area contributed by atoms with Crippen molar-refractivity contribution < 1.29 is 18.1 Å². The molecule has 1 aliphatic heterocycles. The molecule has 1 heterocycles. The lowest BCUT2D eigenvalue weighted by atomic mass is 10.1. The van der Waals surface area contributed by atoms with Gasteiger partial charge in [0.25, 0.3) is 5.69 Å². The van der Waals surface area contributed by atoms with Crippen LogP contribution in [0.3, 0.4) is 0 Å². The Bertz CT molecular complexity index is 742. The topological polar surface area (TPSA) is 97.6 Å². The molecule has 8 heteroatoms. The van der Waals surface area contributed by atoms with Crippen molar-refractivity contribution in [2.24, 2.45) is 0 Å². The Morgan fingerprint density at radius 1 is 1.48 bits per heavy atom. The first-order valence-corrected chi connectivity index (χ1v) is 9.08. The van der Waals surface area contributed by atoms with E-state index in [9.17, 15) is 23.3 Å². The van der Waals surface area contributed by atoms with Gasteiger partial charge in [-0.25, -0.2) is 8.42 Å². The van der Waals surface area contributed by atoms with E-state index in [0.717, 1.165) is 0 Å². The molecular weight excluding hydrogens is 320 g/mol. The van der Waals surface area contributed by atoms with E-state index in [-0.39, 0.29) is 29.1 Å². The van der Waals surface area contributed by atoms with E-state index >= 15 is 0 Å². The maximum Gasteiger partial charge on any atom is 0.270 e. The van der Waals surface area contributed by atoms with Crippen LogP contribution in [0.25, 0.3) is 6.08 Å². The molecule has 1 aromatic carbocycles. The van der Waals surface area contributed by atoms with E-state index in [1.807, 2.05) is 0 Å². The summed E-state index contributed by atoms with van der Waals surface area (Å²) in [7, 11) is -3.06. The van der Waals surface area contributed by atoms with Crippen LogP contribution in [-0.4, -0.2) is 48.2 Å². The van der Waals surface area contributed by atoms with Crippen molar-refractivity contribution in [1.29, 1.82) is 0 Å². The molecule has 0 spiro atoms. The number of likely N-dealkylation sites (N-methyl/N-ethyl adjacent to an activating group) is 1. The Kier molecular flexibility index (Phi) is 5.15. The van der Waals surface area contributed by atoms with Gasteiger partial charge in [0.1, 0.15) is 0 Å². The molecule has 2 rings (SSSR count).